The lowest BCUT2D eigenvalue weighted by Crippen LogP contribution is -2.18. The van der Waals surface area contributed by atoms with Crippen molar-refractivity contribution in [2.45, 2.75) is 53.0 Å². The number of aryl methyl sites for hydroxylation is 2. The van der Waals surface area contributed by atoms with Gasteiger partial charge in [0.05, 0.1) is 4.92 Å². The summed E-state index contributed by atoms with van der Waals surface area (Å²) >= 11 is 0. The normalized spacial score (nSPS) is 10.9. The molecule has 1 N–H and O–H groups in total. The lowest BCUT2D eigenvalue weighted by atomic mass is 10.2. The molecule has 1 rings (SSSR count). The van der Waals surface area contributed by atoms with Gasteiger partial charge in [-0.25, -0.2) is 0 Å². The number of nitro groups is 1. The van der Waals surface area contributed by atoms with Crippen molar-refractivity contribution >= 4 is 5.69 Å². The van der Waals surface area contributed by atoms with Gasteiger partial charge < -0.3 is 5.32 Å². The van der Waals surface area contributed by atoms with Crippen LogP contribution in [0.4, 0.5) is 5.69 Å². The molecular weight excluding hydrogens is 244 g/mol. The standard InChI is InChI=1S/C13H24N4O2/c1-4-8-14-9-7-10-16-12(6-3)13(17(18)19)11(5-2)15-16/h14H,4-10H2,1-3H3. The molecule has 0 fully saturated rings. The van der Waals surface area contributed by atoms with E-state index >= 15 is 0 Å². The maximum absolute atomic E-state index is 11.1. The molecule has 0 bridgehead atoms. The minimum absolute atomic E-state index is 0.214. The zero-order valence-electron chi connectivity index (χ0n) is 12.1. The summed E-state index contributed by atoms with van der Waals surface area (Å²) in [4.78, 5) is 10.8. The van der Waals surface area contributed by atoms with Crippen molar-refractivity contribution in [1.29, 1.82) is 0 Å². The van der Waals surface area contributed by atoms with Crippen molar-refractivity contribution < 1.29 is 4.92 Å². The van der Waals surface area contributed by atoms with Gasteiger partial charge in [0.15, 0.2) is 0 Å². The van der Waals surface area contributed by atoms with Crippen LogP contribution in [0.15, 0.2) is 0 Å². The fraction of sp³-hybridized carbons (Fsp3) is 0.769. The van der Waals surface area contributed by atoms with Crippen molar-refractivity contribution in [3.05, 3.63) is 21.5 Å². The largest absolute Gasteiger partial charge is 0.317 e. The summed E-state index contributed by atoms with van der Waals surface area (Å²) in [7, 11) is 0. The number of hydrogen-bond donors (Lipinski definition) is 1. The van der Waals surface area contributed by atoms with Crippen LogP contribution in [0.1, 0.15) is 45.0 Å². The molecule has 0 aromatic carbocycles. The predicted octanol–water partition coefficient (Wildman–Crippen LogP) is 2.31. The van der Waals surface area contributed by atoms with Gasteiger partial charge in [-0.3, -0.25) is 14.8 Å². The van der Waals surface area contributed by atoms with E-state index in [1.165, 1.54) is 0 Å². The minimum atomic E-state index is -0.295. The minimum Gasteiger partial charge on any atom is -0.317 e. The molecule has 0 amide bonds. The van der Waals surface area contributed by atoms with Crippen molar-refractivity contribution in [3.8, 4) is 0 Å². The first kappa shape index (κ1) is 15.6. The highest BCUT2D eigenvalue weighted by Crippen LogP contribution is 2.24. The van der Waals surface area contributed by atoms with Gasteiger partial charge in [0.1, 0.15) is 11.4 Å². The van der Waals surface area contributed by atoms with E-state index in [-0.39, 0.29) is 10.6 Å². The summed E-state index contributed by atoms with van der Waals surface area (Å²) in [6.45, 7) is 8.65. The van der Waals surface area contributed by atoms with Gasteiger partial charge >= 0.3 is 5.69 Å². The van der Waals surface area contributed by atoms with Gasteiger partial charge in [-0.1, -0.05) is 20.8 Å². The summed E-state index contributed by atoms with van der Waals surface area (Å²) in [5.74, 6) is 0. The molecule has 0 unspecified atom stereocenters. The van der Waals surface area contributed by atoms with Crippen LogP contribution in [-0.2, 0) is 19.4 Å². The fourth-order valence-electron chi connectivity index (χ4n) is 2.18. The lowest BCUT2D eigenvalue weighted by molar-refractivity contribution is -0.386. The van der Waals surface area contributed by atoms with Gasteiger partial charge in [-0.2, -0.15) is 5.10 Å². The number of hydrogen-bond acceptors (Lipinski definition) is 4. The predicted molar refractivity (Wildman–Crippen MR) is 75.4 cm³/mol. The highest BCUT2D eigenvalue weighted by atomic mass is 16.6. The molecule has 0 atom stereocenters. The average molecular weight is 268 g/mol. The highest BCUT2D eigenvalue weighted by Gasteiger charge is 2.24. The molecule has 1 aromatic heterocycles. The Bertz CT molecular complexity index is 415. The van der Waals surface area contributed by atoms with E-state index in [0.717, 1.165) is 38.2 Å². The maximum atomic E-state index is 11.1. The van der Waals surface area contributed by atoms with Gasteiger partial charge in [0, 0.05) is 6.54 Å². The van der Waals surface area contributed by atoms with Gasteiger partial charge in [-0.05, 0) is 38.8 Å². The van der Waals surface area contributed by atoms with E-state index in [1.807, 2.05) is 18.5 Å². The average Bonchev–Trinajstić information content (AvgIpc) is 2.76. The van der Waals surface area contributed by atoms with E-state index in [4.69, 9.17) is 0 Å². The van der Waals surface area contributed by atoms with Gasteiger partial charge in [0.2, 0.25) is 0 Å². The summed E-state index contributed by atoms with van der Waals surface area (Å²) in [6, 6.07) is 0. The molecule has 108 valence electrons. The third kappa shape index (κ3) is 4.02. The third-order valence-corrected chi connectivity index (χ3v) is 3.10. The van der Waals surface area contributed by atoms with Gasteiger partial charge in [0.25, 0.3) is 0 Å². The molecule has 0 aliphatic rings. The van der Waals surface area contributed by atoms with E-state index in [2.05, 4.69) is 17.3 Å². The van der Waals surface area contributed by atoms with Crippen LogP contribution in [0.25, 0.3) is 0 Å². The first-order chi connectivity index (χ1) is 9.15. The van der Waals surface area contributed by atoms with Crippen molar-refractivity contribution in [3.63, 3.8) is 0 Å². The van der Waals surface area contributed by atoms with Crippen LogP contribution in [0.2, 0.25) is 0 Å². The Kier molecular flexibility index (Phi) is 6.49. The van der Waals surface area contributed by atoms with Crippen LogP contribution in [0.5, 0.6) is 0 Å². The Morgan fingerprint density at radius 3 is 2.53 bits per heavy atom. The van der Waals surface area contributed by atoms with E-state index in [9.17, 15) is 10.1 Å². The van der Waals surface area contributed by atoms with Crippen LogP contribution in [0.3, 0.4) is 0 Å². The Labute approximate surface area is 114 Å². The molecule has 1 heterocycles. The quantitative estimate of drug-likeness (QED) is 0.424. The Balaban J connectivity index is 2.74. The molecule has 6 nitrogen and oxygen atoms in total. The number of rotatable bonds is 9. The molecule has 0 saturated heterocycles. The Morgan fingerprint density at radius 1 is 1.26 bits per heavy atom. The van der Waals surface area contributed by atoms with Crippen molar-refractivity contribution in [1.82, 2.24) is 15.1 Å². The zero-order valence-corrected chi connectivity index (χ0v) is 12.1. The summed E-state index contributed by atoms with van der Waals surface area (Å²) in [5.41, 5.74) is 1.56. The molecular formula is C13H24N4O2. The zero-order chi connectivity index (χ0) is 14.3. The second-order valence-electron chi connectivity index (χ2n) is 4.53. The topological polar surface area (TPSA) is 73.0 Å². The van der Waals surface area contributed by atoms with Gasteiger partial charge in [-0.15, -0.1) is 0 Å². The molecule has 0 saturated carbocycles. The molecule has 6 heteroatoms. The molecule has 0 spiro atoms. The molecule has 0 aliphatic carbocycles. The second kappa shape index (κ2) is 7.89. The molecule has 0 aliphatic heterocycles. The second-order valence-corrected chi connectivity index (χ2v) is 4.53. The molecule has 0 radical (unpaired) electrons. The fourth-order valence-corrected chi connectivity index (χ4v) is 2.18. The number of aromatic nitrogens is 2. The summed E-state index contributed by atoms with van der Waals surface area (Å²) in [6.07, 6.45) is 3.30. The maximum Gasteiger partial charge on any atom is 0.313 e. The molecule has 19 heavy (non-hydrogen) atoms. The molecule has 1 aromatic rings. The number of nitrogens with zero attached hydrogens (tertiary/aromatic N) is 3. The van der Waals surface area contributed by atoms with Crippen LogP contribution >= 0.6 is 0 Å². The van der Waals surface area contributed by atoms with Crippen LogP contribution in [-0.4, -0.2) is 27.8 Å². The monoisotopic (exact) mass is 268 g/mol. The Morgan fingerprint density at radius 2 is 2.00 bits per heavy atom. The van der Waals surface area contributed by atoms with E-state index in [0.29, 0.717) is 18.5 Å². The van der Waals surface area contributed by atoms with Crippen LogP contribution < -0.4 is 5.32 Å². The lowest BCUT2D eigenvalue weighted by Gasteiger charge is -2.06. The summed E-state index contributed by atoms with van der Waals surface area (Å²) < 4.78 is 1.81. The van der Waals surface area contributed by atoms with E-state index < -0.39 is 0 Å². The SMILES string of the molecule is CCCNCCCn1nc(CC)c([N+](=O)[O-])c1CC. The summed E-state index contributed by atoms with van der Waals surface area (Å²) in [5, 5.41) is 18.8. The first-order valence-corrected chi connectivity index (χ1v) is 7.09. The smallest absolute Gasteiger partial charge is 0.313 e. The van der Waals surface area contributed by atoms with Crippen molar-refractivity contribution in [2.75, 3.05) is 13.1 Å². The first-order valence-electron chi connectivity index (χ1n) is 7.09. The number of nitrogens with one attached hydrogen (secondary N) is 1. The Hall–Kier alpha value is -1.43. The van der Waals surface area contributed by atoms with Crippen LogP contribution in [0, 0.1) is 10.1 Å². The van der Waals surface area contributed by atoms with Crippen molar-refractivity contribution in [2.24, 2.45) is 0 Å². The highest BCUT2D eigenvalue weighted by molar-refractivity contribution is 5.41. The third-order valence-electron chi connectivity index (χ3n) is 3.10. The van der Waals surface area contributed by atoms with E-state index in [1.54, 1.807) is 0 Å².